The first-order valence-corrected chi connectivity index (χ1v) is 7.42. The second-order valence-corrected chi connectivity index (χ2v) is 5.62. The van der Waals surface area contributed by atoms with Crippen molar-refractivity contribution in [1.82, 2.24) is 0 Å². The van der Waals surface area contributed by atoms with Gasteiger partial charge in [-0.1, -0.05) is 41.4 Å². The number of nitro benzene ring substituents is 1. The zero-order valence-electron chi connectivity index (χ0n) is 11.9. The number of cyclic esters (lactones) is 1. The molecule has 0 fully saturated rings. The van der Waals surface area contributed by atoms with Crippen LogP contribution in [0.5, 0.6) is 0 Å². The van der Waals surface area contributed by atoms with E-state index in [1.165, 1.54) is 30.3 Å². The molecule has 0 spiro atoms. The molecule has 1 heterocycles. The summed E-state index contributed by atoms with van der Waals surface area (Å²) in [5.74, 6) is -0.835. The highest BCUT2D eigenvalue weighted by atomic mass is 35.5. The third-order valence-electron chi connectivity index (χ3n) is 3.21. The van der Waals surface area contributed by atoms with E-state index < -0.39 is 10.9 Å². The van der Waals surface area contributed by atoms with Gasteiger partial charge in [-0.2, -0.15) is 0 Å². The molecule has 24 heavy (non-hydrogen) atoms. The topological polar surface area (TPSA) is 81.8 Å². The number of carbonyl (C=O) groups excluding carboxylic acids is 1. The Bertz CT molecular complexity index is 922. The number of rotatable bonds is 3. The SMILES string of the molecule is O=C1OC(c2ccccc2[N+](=O)[O-])=NC1=Cc1ccc(Cl)cc1Cl. The van der Waals surface area contributed by atoms with Gasteiger partial charge in [-0.25, -0.2) is 9.79 Å². The van der Waals surface area contributed by atoms with Crippen molar-refractivity contribution in [2.24, 2.45) is 4.99 Å². The lowest BCUT2D eigenvalue weighted by molar-refractivity contribution is -0.385. The van der Waals surface area contributed by atoms with Crippen LogP contribution in [0, 0.1) is 10.1 Å². The Morgan fingerprint density at radius 1 is 1.17 bits per heavy atom. The highest BCUT2D eigenvalue weighted by molar-refractivity contribution is 6.35. The van der Waals surface area contributed by atoms with Crippen molar-refractivity contribution in [1.29, 1.82) is 0 Å². The number of halogens is 2. The summed E-state index contributed by atoms with van der Waals surface area (Å²) in [7, 11) is 0. The molecule has 2 aromatic rings. The van der Waals surface area contributed by atoms with Crippen molar-refractivity contribution in [2.45, 2.75) is 0 Å². The molecular formula is C16H8Cl2N2O4. The number of hydrogen-bond acceptors (Lipinski definition) is 5. The number of esters is 1. The number of hydrogen-bond donors (Lipinski definition) is 0. The lowest BCUT2D eigenvalue weighted by Crippen LogP contribution is -2.07. The zero-order valence-corrected chi connectivity index (χ0v) is 13.4. The molecule has 0 atom stereocenters. The van der Waals surface area contributed by atoms with E-state index in [0.29, 0.717) is 15.6 Å². The normalized spacial score (nSPS) is 15.3. The zero-order chi connectivity index (χ0) is 17.3. The second-order valence-electron chi connectivity index (χ2n) is 4.78. The van der Waals surface area contributed by atoms with E-state index in [2.05, 4.69) is 4.99 Å². The van der Waals surface area contributed by atoms with E-state index in [4.69, 9.17) is 27.9 Å². The molecule has 6 nitrogen and oxygen atoms in total. The quantitative estimate of drug-likeness (QED) is 0.353. The Morgan fingerprint density at radius 3 is 2.62 bits per heavy atom. The molecule has 0 saturated carbocycles. The first kappa shape index (κ1) is 16.2. The first-order chi connectivity index (χ1) is 11.5. The van der Waals surface area contributed by atoms with Crippen molar-refractivity contribution in [3.05, 3.63) is 79.4 Å². The van der Waals surface area contributed by atoms with Gasteiger partial charge in [0, 0.05) is 16.1 Å². The number of benzene rings is 2. The molecule has 0 radical (unpaired) electrons. The average Bonchev–Trinajstić information content (AvgIpc) is 2.91. The Hall–Kier alpha value is -2.70. The van der Waals surface area contributed by atoms with Gasteiger partial charge < -0.3 is 4.74 Å². The van der Waals surface area contributed by atoms with Crippen molar-refractivity contribution in [3.8, 4) is 0 Å². The summed E-state index contributed by atoms with van der Waals surface area (Å²) >= 11 is 11.9. The van der Waals surface area contributed by atoms with Gasteiger partial charge in [0.2, 0.25) is 5.90 Å². The molecule has 0 aliphatic carbocycles. The van der Waals surface area contributed by atoms with E-state index in [9.17, 15) is 14.9 Å². The van der Waals surface area contributed by atoms with Gasteiger partial charge in [-0.15, -0.1) is 0 Å². The number of para-hydroxylation sites is 1. The van der Waals surface area contributed by atoms with Gasteiger partial charge in [0.1, 0.15) is 5.56 Å². The summed E-state index contributed by atoms with van der Waals surface area (Å²) in [4.78, 5) is 26.5. The minimum absolute atomic E-state index is 0.00706. The van der Waals surface area contributed by atoms with Gasteiger partial charge in [-0.05, 0) is 29.8 Å². The van der Waals surface area contributed by atoms with Gasteiger partial charge in [-0.3, -0.25) is 10.1 Å². The van der Waals surface area contributed by atoms with Crippen LogP contribution in [0.1, 0.15) is 11.1 Å². The molecule has 0 bridgehead atoms. The number of nitrogens with zero attached hydrogens (tertiary/aromatic N) is 2. The van der Waals surface area contributed by atoms with E-state index in [1.807, 2.05) is 0 Å². The Labute approximate surface area is 146 Å². The lowest BCUT2D eigenvalue weighted by atomic mass is 10.2. The number of nitro groups is 1. The monoisotopic (exact) mass is 362 g/mol. The van der Waals surface area contributed by atoms with Gasteiger partial charge in [0.05, 0.1) is 4.92 Å². The second kappa shape index (κ2) is 6.43. The summed E-state index contributed by atoms with van der Waals surface area (Å²) in [5, 5.41) is 11.9. The highest BCUT2D eigenvalue weighted by Gasteiger charge is 2.29. The minimum Gasteiger partial charge on any atom is -0.402 e. The van der Waals surface area contributed by atoms with Gasteiger partial charge >= 0.3 is 5.97 Å². The summed E-state index contributed by atoms with van der Waals surface area (Å²) in [6, 6.07) is 10.7. The third-order valence-corrected chi connectivity index (χ3v) is 3.77. The van der Waals surface area contributed by atoms with Crippen LogP contribution in [-0.2, 0) is 9.53 Å². The van der Waals surface area contributed by atoms with Crippen LogP contribution in [0.15, 0.2) is 53.2 Å². The van der Waals surface area contributed by atoms with Crippen molar-refractivity contribution < 1.29 is 14.5 Å². The van der Waals surface area contributed by atoms with Crippen LogP contribution in [0.4, 0.5) is 5.69 Å². The Balaban J connectivity index is 2.02. The smallest absolute Gasteiger partial charge is 0.363 e. The van der Waals surface area contributed by atoms with Crippen LogP contribution in [0.25, 0.3) is 6.08 Å². The van der Waals surface area contributed by atoms with Gasteiger partial charge in [0.25, 0.3) is 5.69 Å². The molecule has 0 saturated heterocycles. The molecule has 0 unspecified atom stereocenters. The van der Waals surface area contributed by atoms with Crippen LogP contribution in [0.3, 0.4) is 0 Å². The number of aliphatic imine (C=N–C) groups is 1. The van der Waals surface area contributed by atoms with E-state index in [0.717, 1.165) is 0 Å². The van der Waals surface area contributed by atoms with E-state index in [1.54, 1.807) is 18.2 Å². The van der Waals surface area contributed by atoms with Crippen LogP contribution < -0.4 is 0 Å². The molecule has 0 amide bonds. The molecule has 120 valence electrons. The Morgan fingerprint density at radius 2 is 1.92 bits per heavy atom. The lowest BCUT2D eigenvalue weighted by Gasteiger charge is -2.00. The molecule has 0 N–H and O–H groups in total. The molecule has 2 aromatic carbocycles. The minimum atomic E-state index is -0.714. The third kappa shape index (κ3) is 3.15. The molecular weight excluding hydrogens is 355 g/mol. The van der Waals surface area contributed by atoms with Crippen LogP contribution in [-0.4, -0.2) is 16.8 Å². The predicted octanol–water partition coefficient (Wildman–Crippen LogP) is 4.25. The maximum absolute atomic E-state index is 12.0. The molecule has 3 rings (SSSR count). The highest BCUT2D eigenvalue weighted by Crippen LogP contribution is 2.27. The van der Waals surface area contributed by atoms with Crippen LogP contribution >= 0.6 is 23.2 Å². The van der Waals surface area contributed by atoms with Gasteiger partial charge in [0.15, 0.2) is 5.70 Å². The maximum atomic E-state index is 12.0. The van der Waals surface area contributed by atoms with E-state index in [-0.39, 0.29) is 22.8 Å². The average molecular weight is 363 g/mol. The summed E-state index contributed by atoms with van der Waals surface area (Å²) in [6.45, 7) is 0. The molecule has 8 heteroatoms. The van der Waals surface area contributed by atoms with Crippen molar-refractivity contribution >= 4 is 46.8 Å². The Kier molecular flexibility index (Phi) is 4.33. The summed E-state index contributed by atoms with van der Waals surface area (Å²) < 4.78 is 5.06. The molecule has 1 aliphatic heterocycles. The molecule has 0 aromatic heterocycles. The number of carbonyl (C=O) groups is 1. The molecule has 1 aliphatic rings. The fourth-order valence-corrected chi connectivity index (χ4v) is 2.57. The fraction of sp³-hybridized carbons (Fsp3) is 0. The summed E-state index contributed by atoms with van der Waals surface area (Å²) in [5.41, 5.74) is 0.448. The largest absolute Gasteiger partial charge is 0.402 e. The standard InChI is InChI=1S/C16H8Cl2N2O4/c17-10-6-5-9(12(18)8-10)7-13-16(21)24-15(19-13)11-3-1-2-4-14(11)20(22)23/h1-8H. The number of ether oxygens (including phenoxy) is 1. The van der Waals surface area contributed by atoms with E-state index >= 15 is 0 Å². The predicted molar refractivity (Wildman–Crippen MR) is 90.2 cm³/mol. The first-order valence-electron chi connectivity index (χ1n) is 6.67. The van der Waals surface area contributed by atoms with Crippen molar-refractivity contribution in [2.75, 3.05) is 0 Å². The maximum Gasteiger partial charge on any atom is 0.363 e. The fourth-order valence-electron chi connectivity index (χ4n) is 2.10. The van der Waals surface area contributed by atoms with Crippen LogP contribution in [0.2, 0.25) is 10.0 Å². The van der Waals surface area contributed by atoms with Crippen molar-refractivity contribution in [3.63, 3.8) is 0 Å². The summed E-state index contributed by atoms with van der Waals surface area (Å²) in [6.07, 6.45) is 1.43.